The number of rotatable bonds is 5. The lowest BCUT2D eigenvalue weighted by Crippen LogP contribution is -2.48. The average molecular weight is 338 g/mol. The molecule has 1 heterocycles. The predicted molar refractivity (Wildman–Crippen MR) is 105 cm³/mol. The molecular formula is C23H31NO. The summed E-state index contributed by atoms with van der Waals surface area (Å²) in [5.74, 6) is 0.617. The van der Waals surface area contributed by atoms with E-state index in [1.165, 1.54) is 18.4 Å². The molecule has 0 bridgehead atoms. The van der Waals surface area contributed by atoms with Gasteiger partial charge in [0.1, 0.15) is 5.75 Å². The number of para-hydroxylation sites is 1. The van der Waals surface area contributed by atoms with Crippen LogP contribution in [-0.2, 0) is 0 Å². The van der Waals surface area contributed by atoms with Gasteiger partial charge in [0.05, 0.1) is 0 Å². The van der Waals surface area contributed by atoms with Crippen molar-refractivity contribution in [3.8, 4) is 5.75 Å². The van der Waals surface area contributed by atoms with Crippen LogP contribution in [0.2, 0.25) is 0 Å². The highest BCUT2D eigenvalue weighted by Gasteiger charge is 2.44. The molecule has 0 aromatic heterocycles. The van der Waals surface area contributed by atoms with Crippen LogP contribution in [-0.4, -0.2) is 27.6 Å². The highest BCUT2D eigenvalue weighted by Crippen LogP contribution is 2.42. The fourth-order valence-corrected chi connectivity index (χ4v) is 4.53. The molecule has 0 amide bonds. The molecule has 1 unspecified atom stereocenters. The van der Waals surface area contributed by atoms with E-state index < -0.39 is 0 Å². The number of hydrogen-bond donors (Lipinski definition) is 1. The van der Waals surface area contributed by atoms with E-state index in [-0.39, 0.29) is 17.0 Å². The minimum Gasteiger partial charge on any atom is -0.508 e. The maximum absolute atomic E-state index is 10.4. The van der Waals surface area contributed by atoms with Crippen LogP contribution in [0.4, 0.5) is 0 Å². The quantitative estimate of drug-likeness (QED) is 0.771. The molecule has 0 spiro atoms. The maximum Gasteiger partial charge on any atom is 0.119 e. The van der Waals surface area contributed by atoms with Crippen LogP contribution in [0.5, 0.6) is 5.75 Å². The van der Waals surface area contributed by atoms with Gasteiger partial charge in [-0.05, 0) is 58.6 Å². The van der Waals surface area contributed by atoms with Crippen LogP contribution in [0, 0.1) is 0 Å². The second kappa shape index (κ2) is 6.84. The number of hydrogen-bond acceptors (Lipinski definition) is 2. The van der Waals surface area contributed by atoms with Crippen molar-refractivity contribution in [3.63, 3.8) is 0 Å². The van der Waals surface area contributed by atoms with E-state index in [9.17, 15) is 5.11 Å². The maximum atomic E-state index is 10.4. The van der Waals surface area contributed by atoms with Gasteiger partial charge in [-0.25, -0.2) is 0 Å². The second-order valence-corrected chi connectivity index (χ2v) is 8.59. The fourth-order valence-electron chi connectivity index (χ4n) is 4.53. The van der Waals surface area contributed by atoms with Crippen molar-refractivity contribution in [1.29, 1.82) is 0 Å². The predicted octanol–water partition coefficient (Wildman–Crippen LogP) is 5.57. The Morgan fingerprint density at radius 3 is 2.04 bits per heavy atom. The van der Waals surface area contributed by atoms with Crippen LogP contribution in [0.15, 0.2) is 54.6 Å². The molecule has 3 rings (SSSR count). The summed E-state index contributed by atoms with van der Waals surface area (Å²) in [5.41, 5.74) is 2.79. The fraction of sp³-hybridized carbons (Fsp3) is 0.478. The summed E-state index contributed by atoms with van der Waals surface area (Å²) in [6, 6.07) is 18.4. The monoisotopic (exact) mass is 337 g/mol. The van der Waals surface area contributed by atoms with Gasteiger partial charge in [-0.1, -0.05) is 48.5 Å². The lowest BCUT2D eigenvalue weighted by molar-refractivity contribution is 0.0765. The number of nitrogens with zero attached hydrogens (tertiary/aromatic N) is 1. The Hall–Kier alpha value is -1.80. The largest absolute Gasteiger partial charge is 0.508 e. The van der Waals surface area contributed by atoms with E-state index in [0.717, 1.165) is 18.5 Å². The molecule has 2 aromatic rings. The molecule has 2 aromatic carbocycles. The van der Waals surface area contributed by atoms with Crippen molar-refractivity contribution in [3.05, 3.63) is 65.7 Å². The van der Waals surface area contributed by atoms with E-state index in [2.05, 4.69) is 69.0 Å². The van der Waals surface area contributed by atoms with Gasteiger partial charge in [0, 0.05) is 29.1 Å². The van der Waals surface area contributed by atoms with Crippen molar-refractivity contribution in [2.45, 2.75) is 64.0 Å². The van der Waals surface area contributed by atoms with Crippen LogP contribution in [0.25, 0.3) is 0 Å². The van der Waals surface area contributed by atoms with Crippen molar-refractivity contribution in [2.24, 2.45) is 0 Å². The lowest BCUT2D eigenvalue weighted by Gasteiger charge is -2.41. The van der Waals surface area contributed by atoms with Gasteiger partial charge in [0.2, 0.25) is 0 Å². The van der Waals surface area contributed by atoms with Gasteiger partial charge in [0.25, 0.3) is 0 Å². The number of likely N-dealkylation sites (tertiary alicyclic amines) is 1. The van der Waals surface area contributed by atoms with Crippen molar-refractivity contribution >= 4 is 0 Å². The topological polar surface area (TPSA) is 23.5 Å². The van der Waals surface area contributed by atoms with Gasteiger partial charge in [-0.3, -0.25) is 4.90 Å². The second-order valence-electron chi connectivity index (χ2n) is 8.59. The molecule has 134 valence electrons. The van der Waals surface area contributed by atoms with Crippen molar-refractivity contribution in [2.75, 3.05) is 6.54 Å². The zero-order valence-electron chi connectivity index (χ0n) is 16.0. The molecule has 25 heavy (non-hydrogen) atoms. The Kier molecular flexibility index (Phi) is 4.92. The molecule has 1 saturated heterocycles. The zero-order chi connectivity index (χ0) is 18.1. The Balaban J connectivity index is 1.88. The highest BCUT2D eigenvalue weighted by molar-refractivity contribution is 5.41. The van der Waals surface area contributed by atoms with Gasteiger partial charge in [-0.15, -0.1) is 0 Å². The average Bonchev–Trinajstić information content (AvgIpc) is 2.79. The number of phenols is 1. The van der Waals surface area contributed by atoms with E-state index in [1.807, 2.05) is 12.1 Å². The van der Waals surface area contributed by atoms with Crippen LogP contribution in [0.3, 0.4) is 0 Å². The third-order valence-corrected chi connectivity index (χ3v) is 5.97. The van der Waals surface area contributed by atoms with Crippen molar-refractivity contribution < 1.29 is 5.11 Å². The van der Waals surface area contributed by atoms with E-state index in [4.69, 9.17) is 0 Å². The third-order valence-electron chi connectivity index (χ3n) is 5.97. The lowest BCUT2D eigenvalue weighted by atomic mass is 9.87. The molecule has 1 aliphatic rings. The van der Waals surface area contributed by atoms with Crippen LogP contribution < -0.4 is 0 Å². The summed E-state index contributed by atoms with van der Waals surface area (Å²) in [6.45, 7) is 10.5. The Bertz CT molecular complexity index is 689. The number of benzene rings is 2. The molecule has 0 radical (unpaired) electrons. The molecule has 0 saturated carbocycles. The standard InChI is InChI=1S/C23H31NO/c1-22(2)15-16-23(3,4)24(22)17-14-19(18-10-6-5-7-11-18)20-12-8-9-13-21(20)25/h5-13,19,25H,14-17H2,1-4H3. The van der Waals surface area contributed by atoms with E-state index in [1.54, 1.807) is 6.07 Å². The van der Waals surface area contributed by atoms with Gasteiger partial charge in [-0.2, -0.15) is 0 Å². The first-order valence-corrected chi connectivity index (χ1v) is 9.42. The van der Waals surface area contributed by atoms with Gasteiger partial charge in [0.15, 0.2) is 0 Å². The Labute approximate surface area is 152 Å². The number of phenolic OH excluding ortho intramolecular Hbond substituents is 1. The normalized spacial score (nSPS) is 20.5. The minimum atomic E-state index is 0.217. The Morgan fingerprint density at radius 1 is 0.880 bits per heavy atom. The molecule has 1 atom stereocenters. The first kappa shape index (κ1) is 18.0. The zero-order valence-corrected chi connectivity index (χ0v) is 16.0. The summed E-state index contributed by atoms with van der Waals surface area (Å²) in [5, 5.41) is 10.4. The Morgan fingerprint density at radius 2 is 1.44 bits per heavy atom. The third kappa shape index (κ3) is 3.74. The van der Waals surface area contributed by atoms with Crippen LogP contribution >= 0.6 is 0 Å². The first-order valence-electron chi connectivity index (χ1n) is 9.42. The molecular weight excluding hydrogens is 306 g/mol. The molecule has 1 fully saturated rings. The van der Waals surface area contributed by atoms with Gasteiger partial charge < -0.3 is 5.11 Å². The molecule has 2 heteroatoms. The van der Waals surface area contributed by atoms with Crippen molar-refractivity contribution in [1.82, 2.24) is 4.90 Å². The SMILES string of the molecule is CC1(C)CCC(C)(C)N1CCC(c1ccccc1)c1ccccc1O. The summed E-state index contributed by atoms with van der Waals surface area (Å²) >= 11 is 0. The smallest absolute Gasteiger partial charge is 0.119 e. The summed E-state index contributed by atoms with van der Waals surface area (Å²) in [6.07, 6.45) is 3.49. The summed E-state index contributed by atoms with van der Waals surface area (Å²) in [4.78, 5) is 2.66. The van der Waals surface area contributed by atoms with Crippen LogP contribution in [0.1, 0.15) is 64.0 Å². The minimum absolute atomic E-state index is 0.217. The van der Waals surface area contributed by atoms with Gasteiger partial charge >= 0.3 is 0 Å². The number of aromatic hydroxyl groups is 1. The first-order chi connectivity index (χ1) is 11.8. The molecule has 0 aliphatic carbocycles. The van der Waals surface area contributed by atoms with E-state index >= 15 is 0 Å². The molecule has 1 aliphatic heterocycles. The highest BCUT2D eigenvalue weighted by atomic mass is 16.3. The molecule has 2 nitrogen and oxygen atoms in total. The summed E-state index contributed by atoms with van der Waals surface area (Å²) < 4.78 is 0. The molecule has 1 N–H and O–H groups in total. The van der Waals surface area contributed by atoms with E-state index in [0.29, 0.717) is 5.75 Å². The summed E-state index contributed by atoms with van der Waals surface area (Å²) in [7, 11) is 0.